The van der Waals surface area contributed by atoms with Crippen molar-refractivity contribution in [3.8, 4) is 0 Å². The Morgan fingerprint density at radius 2 is 1.71 bits per heavy atom. The normalized spacial score (nSPS) is 12.5. The number of hydrogen-bond acceptors (Lipinski definition) is 0. The minimum Gasteiger partial charge on any atom is -0.207 e. The standard InChI is InChI=1S/C13H8Br2ClF/c14-9-3-6-12(17)11(7-9)13(15)8-1-4-10(16)5-2-8/h1-7,13H. The van der Waals surface area contributed by atoms with E-state index >= 15 is 0 Å². The molecule has 0 bridgehead atoms. The first-order valence-electron chi connectivity index (χ1n) is 4.92. The van der Waals surface area contributed by atoms with Crippen molar-refractivity contribution in [1.82, 2.24) is 0 Å². The number of halogens is 4. The fourth-order valence-electron chi connectivity index (χ4n) is 1.52. The van der Waals surface area contributed by atoms with Gasteiger partial charge in [0, 0.05) is 15.1 Å². The van der Waals surface area contributed by atoms with Gasteiger partial charge in [0.2, 0.25) is 0 Å². The molecular formula is C13H8Br2ClF. The van der Waals surface area contributed by atoms with E-state index in [4.69, 9.17) is 11.6 Å². The van der Waals surface area contributed by atoms with Crippen molar-refractivity contribution in [1.29, 1.82) is 0 Å². The molecule has 1 unspecified atom stereocenters. The second-order valence-corrected chi connectivity index (χ2v) is 5.85. The maximum absolute atomic E-state index is 13.7. The van der Waals surface area contributed by atoms with Gasteiger partial charge in [-0.25, -0.2) is 4.39 Å². The first-order chi connectivity index (χ1) is 8.08. The van der Waals surface area contributed by atoms with Crippen molar-refractivity contribution in [2.75, 3.05) is 0 Å². The predicted octanol–water partition coefficient (Wildman–Crippen LogP) is 5.73. The molecular weight excluding hydrogens is 370 g/mol. The average Bonchev–Trinajstić information content (AvgIpc) is 2.32. The third-order valence-electron chi connectivity index (χ3n) is 2.39. The summed E-state index contributed by atoms with van der Waals surface area (Å²) < 4.78 is 14.6. The maximum atomic E-state index is 13.7. The monoisotopic (exact) mass is 376 g/mol. The van der Waals surface area contributed by atoms with Gasteiger partial charge in [-0.2, -0.15) is 0 Å². The van der Waals surface area contributed by atoms with Crippen LogP contribution in [0.2, 0.25) is 5.02 Å². The summed E-state index contributed by atoms with van der Waals surface area (Å²) in [5.41, 5.74) is 1.56. The topological polar surface area (TPSA) is 0 Å². The lowest BCUT2D eigenvalue weighted by atomic mass is 10.0. The maximum Gasteiger partial charge on any atom is 0.127 e. The molecule has 0 nitrogen and oxygen atoms in total. The third kappa shape index (κ3) is 3.09. The summed E-state index contributed by atoms with van der Waals surface area (Å²) in [6.45, 7) is 0. The van der Waals surface area contributed by atoms with E-state index in [0.29, 0.717) is 10.6 Å². The molecule has 0 radical (unpaired) electrons. The van der Waals surface area contributed by atoms with Crippen LogP contribution in [-0.2, 0) is 0 Å². The number of hydrogen-bond donors (Lipinski definition) is 0. The molecule has 2 aromatic carbocycles. The van der Waals surface area contributed by atoms with Crippen LogP contribution in [0.1, 0.15) is 16.0 Å². The summed E-state index contributed by atoms with van der Waals surface area (Å²) in [7, 11) is 0. The van der Waals surface area contributed by atoms with E-state index in [9.17, 15) is 4.39 Å². The van der Waals surface area contributed by atoms with Crippen LogP contribution in [0.4, 0.5) is 4.39 Å². The molecule has 0 fully saturated rings. The molecule has 0 aliphatic heterocycles. The Kier molecular flexibility index (Phi) is 4.23. The van der Waals surface area contributed by atoms with Crippen LogP contribution in [-0.4, -0.2) is 0 Å². The Labute approximate surface area is 121 Å². The largest absolute Gasteiger partial charge is 0.207 e. The van der Waals surface area contributed by atoms with Crippen LogP contribution in [0, 0.1) is 5.82 Å². The first kappa shape index (κ1) is 13.1. The highest BCUT2D eigenvalue weighted by Crippen LogP contribution is 2.34. The Bertz CT molecular complexity index is 525. The van der Waals surface area contributed by atoms with Crippen molar-refractivity contribution in [3.63, 3.8) is 0 Å². The van der Waals surface area contributed by atoms with E-state index in [1.807, 2.05) is 12.1 Å². The highest BCUT2D eigenvalue weighted by Gasteiger charge is 2.15. The van der Waals surface area contributed by atoms with Gasteiger partial charge in [0.1, 0.15) is 5.82 Å². The lowest BCUT2D eigenvalue weighted by Gasteiger charge is -2.12. The molecule has 17 heavy (non-hydrogen) atoms. The quantitative estimate of drug-likeness (QED) is 0.586. The summed E-state index contributed by atoms with van der Waals surface area (Å²) in [5.74, 6) is -0.231. The zero-order valence-corrected chi connectivity index (χ0v) is 12.6. The lowest BCUT2D eigenvalue weighted by Crippen LogP contribution is -1.96. The van der Waals surface area contributed by atoms with Gasteiger partial charge in [0.25, 0.3) is 0 Å². The number of benzene rings is 2. The predicted molar refractivity (Wildman–Crippen MR) is 76.3 cm³/mol. The second-order valence-electron chi connectivity index (χ2n) is 3.58. The molecule has 0 amide bonds. The van der Waals surface area contributed by atoms with Crippen LogP contribution in [0.25, 0.3) is 0 Å². The SMILES string of the molecule is Fc1ccc(Br)cc1C(Br)c1ccc(Cl)cc1. The van der Waals surface area contributed by atoms with E-state index in [-0.39, 0.29) is 10.6 Å². The molecule has 0 saturated carbocycles. The Morgan fingerprint density at radius 1 is 1.06 bits per heavy atom. The smallest absolute Gasteiger partial charge is 0.127 e. The van der Waals surface area contributed by atoms with Crippen LogP contribution in [0.3, 0.4) is 0 Å². The third-order valence-corrected chi connectivity index (χ3v) is 4.16. The summed E-state index contributed by atoms with van der Waals surface area (Å²) in [5, 5.41) is 0.670. The highest BCUT2D eigenvalue weighted by molar-refractivity contribution is 9.10. The van der Waals surface area contributed by atoms with Crippen molar-refractivity contribution in [3.05, 3.63) is 68.9 Å². The Balaban J connectivity index is 2.39. The molecule has 0 saturated heterocycles. The summed E-state index contributed by atoms with van der Waals surface area (Å²) in [4.78, 5) is -0.183. The molecule has 0 aromatic heterocycles. The Hall–Kier alpha value is -0.380. The zero-order chi connectivity index (χ0) is 12.4. The fraction of sp³-hybridized carbons (Fsp3) is 0.0769. The van der Waals surface area contributed by atoms with Gasteiger partial charge in [0.05, 0.1) is 4.83 Å². The number of rotatable bonds is 2. The molecule has 0 heterocycles. The van der Waals surface area contributed by atoms with Gasteiger partial charge < -0.3 is 0 Å². The van der Waals surface area contributed by atoms with E-state index in [2.05, 4.69) is 31.9 Å². The molecule has 0 aliphatic rings. The molecule has 0 aliphatic carbocycles. The number of alkyl halides is 1. The molecule has 2 aromatic rings. The summed E-state index contributed by atoms with van der Waals surface area (Å²) >= 11 is 12.7. The highest BCUT2D eigenvalue weighted by atomic mass is 79.9. The van der Waals surface area contributed by atoms with Gasteiger partial charge >= 0.3 is 0 Å². The van der Waals surface area contributed by atoms with Crippen molar-refractivity contribution in [2.24, 2.45) is 0 Å². The molecule has 0 N–H and O–H groups in total. The molecule has 2 rings (SSSR count). The minimum absolute atomic E-state index is 0.183. The average molecular weight is 378 g/mol. The van der Waals surface area contributed by atoms with Crippen LogP contribution in [0.5, 0.6) is 0 Å². The first-order valence-corrected chi connectivity index (χ1v) is 7.01. The van der Waals surface area contributed by atoms with Gasteiger partial charge in [0.15, 0.2) is 0 Å². The van der Waals surface area contributed by atoms with E-state index in [1.165, 1.54) is 6.07 Å². The summed E-state index contributed by atoms with van der Waals surface area (Å²) in [6.07, 6.45) is 0. The van der Waals surface area contributed by atoms with Crippen LogP contribution in [0.15, 0.2) is 46.9 Å². The molecule has 4 heteroatoms. The van der Waals surface area contributed by atoms with Gasteiger partial charge in [-0.1, -0.05) is 55.6 Å². The Morgan fingerprint density at radius 3 is 2.35 bits per heavy atom. The van der Waals surface area contributed by atoms with Gasteiger partial charge in [-0.15, -0.1) is 0 Å². The van der Waals surface area contributed by atoms with Crippen LogP contribution >= 0.6 is 43.5 Å². The summed E-state index contributed by atoms with van der Waals surface area (Å²) in [6, 6.07) is 12.2. The van der Waals surface area contributed by atoms with E-state index in [0.717, 1.165) is 10.0 Å². The van der Waals surface area contributed by atoms with E-state index < -0.39 is 0 Å². The van der Waals surface area contributed by atoms with E-state index in [1.54, 1.807) is 24.3 Å². The van der Waals surface area contributed by atoms with Crippen molar-refractivity contribution < 1.29 is 4.39 Å². The van der Waals surface area contributed by atoms with Gasteiger partial charge in [-0.3, -0.25) is 0 Å². The lowest BCUT2D eigenvalue weighted by molar-refractivity contribution is 0.613. The zero-order valence-electron chi connectivity index (χ0n) is 8.63. The van der Waals surface area contributed by atoms with Crippen LogP contribution < -0.4 is 0 Å². The van der Waals surface area contributed by atoms with Crippen molar-refractivity contribution >= 4 is 43.5 Å². The molecule has 0 spiro atoms. The fourth-order valence-corrected chi connectivity index (χ4v) is 2.68. The minimum atomic E-state index is -0.231. The molecule has 88 valence electrons. The van der Waals surface area contributed by atoms with Gasteiger partial charge in [-0.05, 0) is 35.9 Å². The molecule has 1 atom stereocenters. The van der Waals surface area contributed by atoms with Crippen molar-refractivity contribution in [2.45, 2.75) is 4.83 Å². The second kappa shape index (κ2) is 5.51.